The number of benzene rings is 3. The number of carbonyl (C=O) groups excluding carboxylic acids is 2. The molecule has 6 nitrogen and oxygen atoms in total. The molecule has 0 aromatic heterocycles. The summed E-state index contributed by atoms with van der Waals surface area (Å²) in [5.41, 5.74) is -0.679. The first-order valence-corrected chi connectivity index (χ1v) is 14.0. The molecule has 3 amide bonds. The molecular formula is C32H33F6N3O3. The third kappa shape index (κ3) is 8.03. The zero-order valence-corrected chi connectivity index (χ0v) is 24.5. The maximum atomic E-state index is 13.7. The highest BCUT2D eigenvalue weighted by atomic mass is 19.4. The van der Waals surface area contributed by atoms with Crippen molar-refractivity contribution in [2.24, 2.45) is 0 Å². The van der Waals surface area contributed by atoms with Crippen molar-refractivity contribution in [3.63, 3.8) is 0 Å². The number of amides is 3. The zero-order valence-electron chi connectivity index (χ0n) is 24.5. The Morgan fingerprint density at radius 3 is 2.09 bits per heavy atom. The fourth-order valence-corrected chi connectivity index (χ4v) is 5.07. The molecular weight excluding hydrogens is 588 g/mol. The summed E-state index contributed by atoms with van der Waals surface area (Å²) in [6.45, 7) is 3.85. The van der Waals surface area contributed by atoms with Gasteiger partial charge in [0.25, 0.3) is 0 Å². The van der Waals surface area contributed by atoms with Crippen molar-refractivity contribution in [2.45, 2.75) is 51.3 Å². The molecule has 1 heterocycles. The number of hydrogen-bond donors (Lipinski definition) is 0. The molecule has 1 unspecified atom stereocenters. The summed E-state index contributed by atoms with van der Waals surface area (Å²) in [5.74, 6) is 0.168. The van der Waals surface area contributed by atoms with E-state index in [0.717, 1.165) is 21.6 Å². The zero-order chi connectivity index (χ0) is 32.2. The van der Waals surface area contributed by atoms with Gasteiger partial charge in [0.2, 0.25) is 0 Å². The van der Waals surface area contributed by atoms with Crippen LogP contribution in [0.3, 0.4) is 0 Å². The van der Waals surface area contributed by atoms with Crippen LogP contribution in [0, 0.1) is 0 Å². The van der Waals surface area contributed by atoms with Crippen LogP contribution in [0.2, 0.25) is 0 Å². The van der Waals surface area contributed by atoms with Gasteiger partial charge in [-0.3, -0.25) is 0 Å². The number of hydrogen-bond acceptors (Lipinski definition) is 3. The molecule has 0 spiro atoms. The van der Waals surface area contributed by atoms with E-state index in [1.165, 1.54) is 16.8 Å². The topological polar surface area (TPSA) is 53.1 Å². The minimum atomic E-state index is -5.00. The molecule has 4 rings (SSSR count). The number of urea groups is 1. The van der Waals surface area contributed by atoms with Gasteiger partial charge in [0, 0.05) is 33.2 Å². The summed E-state index contributed by atoms with van der Waals surface area (Å²) < 4.78 is 85.9. The first-order valence-electron chi connectivity index (χ1n) is 14.0. The number of carbonyl (C=O) groups is 2. The van der Waals surface area contributed by atoms with Crippen LogP contribution < -0.4 is 0 Å². The second kappa shape index (κ2) is 13.2. The molecule has 12 heteroatoms. The number of halogens is 6. The van der Waals surface area contributed by atoms with E-state index in [1.807, 2.05) is 68.4 Å². The molecule has 3 aromatic carbocycles. The maximum Gasteiger partial charge on any atom is 0.416 e. The highest BCUT2D eigenvalue weighted by Crippen LogP contribution is 2.37. The smallest absolute Gasteiger partial charge is 0.416 e. The summed E-state index contributed by atoms with van der Waals surface area (Å²) in [6.07, 6.45) is -10.6. The van der Waals surface area contributed by atoms with Gasteiger partial charge < -0.3 is 19.4 Å². The summed E-state index contributed by atoms with van der Waals surface area (Å²) >= 11 is 0. The minimum Gasteiger partial charge on any atom is -0.445 e. The lowest BCUT2D eigenvalue weighted by atomic mass is 9.96. The van der Waals surface area contributed by atoms with E-state index in [4.69, 9.17) is 4.74 Å². The second-order valence-corrected chi connectivity index (χ2v) is 11.1. The van der Waals surface area contributed by atoms with Crippen LogP contribution in [0.4, 0.5) is 35.9 Å². The predicted molar refractivity (Wildman–Crippen MR) is 151 cm³/mol. The standard InChI is InChI=1S/C32H33F6N3O3/c1-21(2)24-10-7-11-25(16-24)28-19-40(30(43)44-20-22-8-5-4-6-9-22)12-13-41(28)29(42)39(3)18-23-14-26(31(33,34)35)17-27(15-23)32(36,37)38/h4-11,14-17,21,28H,12-13,18-20H2,1-3H3. The van der Waals surface area contributed by atoms with Crippen LogP contribution in [0.15, 0.2) is 72.8 Å². The van der Waals surface area contributed by atoms with Gasteiger partial charge in [-0.2, -0.15) is 26.3 Å². The molecule has 1 aliphatic heterocycles. The van der Waals surface area contributed by atoms with Crippen molar-refractivity contribution in [3.05, 3.63) is 106 Å². The van der Waals surface area contributed by atoms with E-state index in [2.05, 4.69) is 0 Å². The van der Waals surface area contributed by atoms with Gasteiger partial charge in [-0.25, -0.2) is 9.59 Å². The normalized spacial score (nSPS) is 15.8. The molecule has 236 valence electrons. The Morgan fingerprint density at radius 1 is 0.864 bits per heavy atom. The molecule has 3 aromatic rings. The van der Waals surface area contributed by atoms with Crippen molar-refractivity contribution < 1.29 is 40.7 Å². The summed E-state index contributed by atoms with van der Waals surface area (Å²) in [4.78, 5) is 30.8. The highest BCUT2D eigenvalue weighted by Gasteiger charge is 2.38. The molecule has 1 saturated heterocycles. The fraction of sp³-hybridized carbons (Fsp3) is 0.375. The van der Waals surface area contributed by atoms with Crippen LogP contribution in [0.5, 0.6) is 0 Å². The third-order valence-corrected chi connectivity index (χ3v) is 7.45. The Bertz CT molecular complexity index is 1430. The van der Waals surface area contributed by atoms with E-state index in [0.29, 0.717) is 12.1 Å². The van der Waals surface area contributed by atoms with Crippen LogP contribution in [0.25, 0.3) is 0 Å². The third-order valence-electron chi connectivity index (χ3n) is 7.45. The lowest BCUT2D eigenvalue weighted by Crippen LogP contribution is -2.55. The quantitative estimate of drug-likeness (QED) is 0.262. The number of alkyl halides is 6. The van der Waals surface area contributed by atoms with E-state index >= 15 is 0 Å². The molecule has 1 atom stereocenters. The van der Waals surface area contributed by atoms with Gasteiger partial charge in [0.05, 0.1) is 17.2 Å². The number of ether oxygens (including phenoxy) is 1. The fourth-order valence-electron chi connectivity index (χ4n) is 5.07. The average Bonchev–Trinajstić information content (AvgIpc) is 2.98. The SMILES string of the molecule is CC(C)c1cccc(C2CN(C(=O)OCc3ccccc3)CCN2C(=O)N(C)Cc2cc(C(F)(F)F)cc(C(F)(F)F)c2)c1. The average molecular weight is 622 g/mol. The van der Waals surface area contributed by atoms with Crippen molar-refractivity contribution >= 4 is 12.1 Å². The molecule has 1 aliphatic rings. The summed E-state index contributed by atoms with van der Waals surface area (Å²) in [6, 6.07) is 16.7. The van der Waals surface area contributed by atoms with Gasteiger partial charge >= 0.3 is 24.5 Å². The molecule has 44 heavy (non-hydrogen) atoms. The maximum absolute atomic E-state index is 13.7. The molecule has 0 radical (unpaired) electrons. The van der Waals surface area contributed by atoms with E-state index in [9.17, 15) is 35.9 Å². The van der Waals surface area contributed by atoms with E-state index in [1.54, 1.807) is 0 Å². The van der Waals surface area contributed by atoms with E-state index < -0.39 is 48.2 Å². The van der Waals surface area contributed by atoms with Crippen molar-refractivity contribution in [1.82, 2.24) is 14.7 Å². The predicted octanol–water partition coefficient (Wildman–Crippen LogP) is 8.10. The minimum absolute atomic E-state index is 0.0547. The Balaban J connectivity index is 1.58. The van der Waals surface area contributed by atoms with Gasteiger partial charge in [-0.05, 0) is 46.4 Å². The highest BCUT2D eigenvalue weighted by molar-refractivity contribution is 5.76. The van der Waals surface area contributed by atoms with Gasteiger partial charge in [0.1, 0.15) is 6.61 Å². The van der Waals surface area contributed by atoms with E-state index in [-0.39, 0.29) is 43.8 Å². The lowest BCUT2D eigenvalue weighted by Gasteiger charge is -2.42. The van der Waals surface area contributed by atoms with Gasteiger partial charge in [-0.1, -0.05) is 68.4 Å². The second-order valence-electron chi connectivity index (χ2n) is 11.1. The molecule has 0 saturated carbocycles. The monoisotopic (exact) mass is 621 g/mol. The van der Waals surface area contributed by atoms with Crippen LogP contribution in [-0.4, -0.2) is 53.5 Å². The van der Waals surface area contributed by atoms with Crippen LogP contribution in [-0.2, 0) is 30.2 Å². The van der Waals surface area contributed by atoms with Gasteiger partial charge in [0.15, 0.2) is 0 Å². The molecule has 0 aliphatic carbocycles. The number of piperazine rings is 1. The van der Waals surface area contributed by atoms with Crippen LogP contribution in [0.1, 0.15) is 59.2 Å². The lowest BCUT2D eigenvalue weighted by molar-refractivity contribution is -0.143. The van der Waals surface area contributed by atoms with Crippen molar-refractivity contribution in [3.8, 4) is 0 Å². The Kier molecular flexibility index (Phi) is 9.80. The first-order chi connectivity index (χ1) is 20.6. The number of nitrogens with zero attached hydrogens (tertiary/aromatic N) is 3. The Labute approximate surface area is 251 Å². The van der Waals surface area contributed by atoms with Crippen molar-refractivity contribution in [2.75, 3.05) is 26.7 Å². The summed E-state index contributed by atoms with van der Waals surface area (Å²) in [5, 5.41) is 0. The Hall–Kier alpha value is -4.22. The molecule has 0 bridgehead atoms. The molecule has 1 fully saturated rings. The van der Waals surface area contributed by atoms with Crippen molar-refractivity contribution in [1.29, 1.82) is 0 Å². The first kappa shape index (κ1) is 32.7. The Morgan fingerprint density at radius 2 is 1.50 bits per heavy atom. The van der Waals surface area contributed by atoms with Gasteiger partial charge in [-0.15, -0.1) is 0 Å². The molecule has 0 N–H and O–H groups in total. The van der Waals surface area contributed by atoms with Crippen LogP contribution >= 0.6 is 0 Å². The number of rotatable bonds is 6. The summed E-state index contributed by atoms with van der Waals surface area (Å²) in [7, 11) is 1.32. The largest absolute Gasteiger partial charge is 0.445 e.